The van der Waals surface area contributed by atoms with Gasteiger partial charge in [-0.2, -0.15) is 0 Å². The van der Waals surface area contributed by atoms with Crippen molar-refractivity contribution < 1.29 is 32.2 Å². The molecular weight excluding hydrogens is 232 g/mol. The van der Waals surface area contributed by atoms with Gasteiger partial charge in [-0.05, 0) is 0 Å². The van der Waals surface area contributed by atoms with E-state index >= 15 is 0 Å². The standard InChI is InChI=1S/2C4H9O.Mg.2O.Ti/c2*1-4(2)3-5;;;;/h2*4H,3H2,1-2H3;;;;/q2*-1;+2;2*-1;+2. The summed E-state index contributed by atoms with van der Waals surface area (Å²) >= 11 is -4.82. The van der Waals surface area contributed by atoms with Crippen LogP contribution in [-0.4, -0.2) is 36.3 Å². The predicted octanol–water partition coefficient (Wildman–Crippen LogP) is -0.515. The van der Waals surface area contributed by atoms with Crippen LogP contribution >= 0.6 is 0 Å². The van der Waals surface area contributed by atoms with Crippen LogP contribution in [0.5, 0.6) is 0 Å². The average molecular weight is 250 g/mol. The Morgan fingerprint density at radius 2 is 1.21 bits per heavy atom. The van der Waals surface area contributed by atoms with E-state index in [4.69, 9.17) is 6.64 Å². The third kappa shape index (κ3) is 11.4. The summed E-state index contributed by atoms with van der Waals surface area (Å²) in [5.41, 5.74) is 0. The minimum absolute atomic E-state index is 0. The zero-order chi connectivity index (χ0) is 10.5. The molecule has 0 N–H and O–H groups in total. The van der Waals surface area contributed by atoms with Crippen molar-refractivity contribution in [3.05, 3.63) is 0 Å². The fraction of sp³-hybridized carbons (Fsp3) is 1.00. The number of hydrogen-bond donors (Lipinski definition) is 0. The van der Waals surface area contributed by atoms with Crippen molar-refractivity contribution in [3.8, 4) is 0 Å². The van der Waals surface area contributed by atoms with Gasteiger partial charge in [0.05, 0.1) is 0 Å². The quantitative estimate of drug-likeness (QED) is 0.595. The molecular formula is C8H18MgO4Ti. The summed E-state index contributed by atoms with van der Waals surface area (Å²) in [6.45, 7) is 7.99. The summed E-state index contributed by atoms with van der Waals surface area (Å²) in [5.74, 6) is 0.408. The minimum atomic E-state index is -4.82. The maximum absolute atomic E-state index is 11.1. The van der Waals surface area contributed by atoms with Crippen molar-refractivity contribution >= 4 is 23.1 Å². The topological polar surface area (TPSA) is 64.6 Å². The molecule has 80 valence electrons. The van der Waals surface area contributed by atoms with E-state index < -0.39 is 18.1 Å². The molecule has 0 atom stereocenters. The van der Waals surface area contributed by atoms with Crippen LogP contribution in [0.15, 0.2) is 0 Å². The van der Waals surface area contributed by atoms with Crippen LogP contribution in [0.4, 0.5) is 0 Å². The van der Waals surface area contributed by atoms with Crippen molar-refractivity contribution in [1.82, 2.24) is 0 Å². The third-order valence-corrected chi connectivity index (χ3v) is 2.81. The molecule has 0 amide bonds. The molecule has 0 aliphatic heterocycles. The Bertz CT molecular complexity index is 127. The van der Waals surface area contributed by atoms with Crippen LogP contribution in [0.3, 0.4) is 0 Å². The molecule has 0 fully saturated rings. The van der Waals surface area contributed by atoms with Crippen LogP contribution in [0, 0.1) is 11.8 Å². The fourth-order valence-electron chi connectivity index (χ4n) is 0.579. The van der Waals surface area contributed by atoms with E-state index in [1.165, 1.54) is 0 Å². The SMILES string of the molecule is CC(C)C[O][Ti]([O-])([O-])[O]CC(C)C.[Mg+2]. The summed E-state index contributed by atoms with van der Waals surface area (Å²) in [6, 6.07) is 0. The second-order valence-electron chi connectivity index (χ2n) is 3.91. The molecule has 0 aromatic rings. The maximum Gasteiger partial charge on any atom is 2.00 e. The van der Waals surface area contributed by atoms with Gasteiger partial charge in [0, 0.05) is 0 Å². The monoisotopic (exact) mass is 250 g/mol. The van der Waals surface area contributed by atoms with Gasteiger partial charge in [-0.1, -0.05) is 0 Å². The Hall–Kier alpha value is 1.32. The van der Waals surface area contributed by atoms with Crippen molar-refractivity contribution in [2.45, 2.75) is 27.7 Å². The zero-order valence-electron chi connectivity index (χ0n) is 9.41. The van der Waals surface area contributed by atoms with Crippen LogP contribution in [0.25, 0.3) is 0 Å². The van der Waals surface area contributed by atoms with Gasteiger partial charge in [-0.25, -0.2) is 0 Å². The Labute approximate surface area is 107 Å². The molecule has 4 nitrogen and oxygen atoms in total. The summed E-state index contributed by atoms with van der Waals surface area (Å²) in [7, 11) is 0. The van der Waals surface area contributed by atoms with E-state index in [0.29, 0.717) is 0 Å². The van der Waals surface area contributed by atoms with Crippen molar-refractivity contribution in [2.75, 3.05) is 13.2 Å². The Kier molecular flexibility index (Phi) is 10.7. The molecule has 0 aliphatic carbocycles. The Morgan fingerprint density at radius 3 is 1.43 bits per heavy atom. The smallest absolute Gasteiger partial charge is 2.00 e. The molecule has 0 radical (unpaired) electrons. The van der Waals surface area contributed by atoms with Crippen molar-refractivity contribution in [2.24, 2.45) is 11.8 Å². The summed E-state index contributed by atoms with van der Waals surface area (Å²) in [4.78, 5) is 0. The van der Waals surface area contributed by atoms with Gasteiger partial charge in [0.1, 0.15) is 0 Å². The Morgan fingerprint density at radius 1 is 0.929 bits per heavy atom. The van der Waals surface area contributed by atoms with E-state index in [1.807, 2.05) is 27.7 Å². The summed E-state index contributed by atoms with van der Waals surface area (Å²) in [6.07, 6.45) is 0. The first-order valence-electron chi connectivity index (χ1n) is 4.52. The molecule has 0 aliphatic rings. The van der Waals surface area contributed by atoms with Crippen molar-refractivity contribution in [1.29, 1.82) is 0 Å². The number of hydrogen-bond acceptors (Lipinski definition) is 4. The first-order valence-corrected chi connectivity index (χ1v) is 7.07. The Balaban J connectivity index is 0. The molecule has 14 heavy (non-hydrogen) atoms. The van der Waals surface area contributed by atoms with Gasteiger partial charge >= 0.3 is 108 Å². The van der Waals surface area contributed by atoms with E-state index in [9.17, 15) is 7.38 Å². The molecule has 0 unspecified atom stereocenters. The minimum Gasteiger partial charge on any atom is 2.00 e. The van der Waals surface area contributed by atoms with Crippen LogP contribution in [-0.2, 0) is 24.8 Å². The second kappa shape index (κ2) is 8.47. The van der Waals surface area contributed by atoms with E-state index in [0.717, 1.165) is 0 Å². The summed E-state index contributed by atoms with van der Waals surface area (Å²) in [5, 5.41) is 0. The zero-order valence-corrected chi connectivity index (χ0v) is 12.4. The maximum atomic E-state index is 11.1. The fourth-order valence-corrected chi connectivity index (χ4v) is 2.39. The van der Waals surface area contributed by atoms with Crippen LogP contribution in [0.2, 0.25) is 0 Å². The molecule has 6 heteroatoms. The number of rotatable bonds is 6. The van der Waals surface area contributed by atoms with Gasteiger partial charge < -0.3 is 0 Å². The molecule has 0 saturated heterocycles. The van der Waals surface area contributed by atoms with Gasteiger partial charge in [-0.3, -0.25) is 0 Å². The van der Waals surface area contributed by atoms with E-state index in [-0.39, 0.29) is 48.1 Å². The first-order chi connectivity index (χ1) is 5.83. The largest absolute Gasteiger partial charge is 2.00 e. The van der Waals surface area contributed by atoms with E-state index in [2.05, 4.69) is 0 Å². The van der Waals surface area contributed by atoms with Gasteiger partial charge in [-0.15, -0.1) is 0 Å². The third-order valence-electron chi connectivity index (χ3n) is 1.19. The predicted molar refractivity (Wildman–Crippen MR) is 47.3 cm³/mol. The van der Waals surface area contributed by atoms with Gasteiger partial charge in [0.25, 0.3) is 0 Å². The van der Waals surface area contributed by atoms with Crippen molar-refractivity contribution in [3.63, 3.8) is 0 Å². The van der Waals surface area contributed by atoms with Crippen LogP contribution < -0.4 is 7.38 Å². The molecule has 0 aromatic carbocycles. The molecule has 0 saturated carbocycles. The molecule has 0 aromatic heterocycles. The molecule has 0 heterocycles. The van der Waals surface area contributed by atoms with E-state index in [1.54, 1.807) is 0 Å². The van der Waals surface area contributed by atoms with Crippen LogP contribution in [0.1, 0.15) is 27.7 Å². The molecule has 0 rings (SSSR count). The molecule has 0 spiro atoms. The first kappa shape index (κ1) is 17.7. The average Bonchev–Trinajstić information content (AvgIpc) is 1.98. The normalized spacial score (nSPS) is 12.0. The summed E-state index contributed by atoms with van der Waals surface area (Å²) < 4.78 is 31.6. The molecule has 0 bridgehead atoms. The second-order valence-corrected chi connectivity index (χ2v) is 6.37. The van der Waals surface area contributed by atoms with Gasteiger partial charge in [0.15, 0.2) is 0 Å². The van der Waals surface area contributed by atoms with Gasteiger partial charge in [0.2, 0.25) is 0 Å².